The number of aliphatic hydroxyl groups excluding tert-OH is 1. The standard InChI is InChI=1S/C17H22N2O2/c1-10-6-12(3)13-8-15(18-14(13)7-10)17(21)19-5-4-11(2)16(20)9-19/h6-8,11,16,18,20H,4-5,9H2,1-3H3. The summed E-state index contributed by atoms with van der Waals surface area (Å²) in [7, 11) is 0. The molecule has 112 valence electrons. The zero-order chi connectivity index (χ0) is 15.1. The quantitative estimate of drug-likeness (QED) is 0.846. The summed E-state index contributed by atoms with van der Waals surface area (Å²) in [6.45, 7) is 7.28. The number of β-amino-alcohol motifs (C(OH)–C–C–N with tert-alkyl or cyclic N) is 1. The third-order valence-corrected chi connectivity index (χ3v) is 4.53. The van der Waals surface area contributed by atoms with Gasteiger partial charge < -0.3 is 15.0 Å². The summed E-state index contributed by atoms with van der Waals surface area (Å²) in [5, 5.41) is 11.1. The molecule has 4 heteroatoms. The van der Waals surface area contributed by atoms with E-state index in [0.29, 0.717) is 18.8 Å². The molecule has 1 saturated heterocycles. The van der Waals surface area contributed by atoms with E-state index < -0.39 is 6.10 Å². The largest absolute Gasteiger partial charge is 0.391 e. The van der Waals surface area contributed by atoms with Crippen LogP contribution >= 0.6 is 0 Å². The summed E-state index contributed by atoms with van der Waals surface area (Å²) in [6, 6.07) is 6.11. The fourth-order valence-corrected chi connectivity index (χ4v) is 3.12. The minimum atomic E-state index is -0.420. The van der Waals surface area contributed by atoms with Gasteiger partial charge in [0.2, 0.25) is 0 Å². The number of amides is 1. The first-order chi connectivity index (χ1) is 9.95. The molecule has 2 N–H and O–H groups in total. The molecule has 1 fully saturated rings. The van der Waals surface area contributed by atoms with Crippen LogP contribution in [0.2, 0.25) is 0 Å². The number of H-pyrrole nitrogens is 1. The summed E-state index contributed by atoms with van der Waals surface area (Å²) in [4.78, 5) is 17.6. The number of likely N-dealkylation sites (tertiary alicyclic amines) is 1. The SMILES string of the molecule is Cc1cc(C)c2cc(C(=O)N3CCC(C)C(O)C3)[nH]c2c1. The normalized spacial score (nSPS) is 22.8. The Labute approximate surface area is 124 Å². The second-order valence-electron chi connectivity index (χ2n) is 6.31. The molecule has 0 saturated carbocycles. The molecule has 0 radical (unpaired) electrons. The molecule has 1 amide bonds. The molecule has 0 aliphatic carbocycles. The molecular formula is C17H22N2O2. The van der Waals surface area contributed by atoms with Gasteiger partial charge in [0.25, 0.3) is 5.91 Å². The van der Waals surface area contributed by atoms with E-state index in [-0.39, 0.29) is 11.8 Å². The second kappa shape index (κ2) is 5.19. The van der Waals surface area contributed by atoms with E-state index in [1.54, 1.807) is 4.90 Å². The van der Waals surface area contributed by atoms with Crippen LogP contribution in [-0.2, 0) is 0 Å². The van der Waals surface area contributed by atoms with Crippen molar-refractivity contribution in [3.8, 4) is 0 Å². The molecule has 2 unspecified atom stereocenters. The van der Waals surface area contributed by atoms with Crippen molar-refractivity contribution in [2.45, 2.75) is 33.3 Å². The van der Waals surface area contributed by atoms with Crippen LogP contribution in [0.4, 0.5) is 0 Å². The summed E-state index contributed by atoms with van der Waals surface area (Å²) in [6.07, 6.45) is 0.432. The molecule has 1 aliphatic rings. The number of benzene rings is 1. The Hall–Kier alpha value is -1.81. The molecule has 1 aliphatic heterocycles. The van der Waals surface area contributed by atoms with Crippen molar-refractivity contribution in [1.82, 2.24) is 9.88 Å². The van der Waals surface area contributed by atoms with Gasteiger partial charge in [-0.05, 0) is 49.4 Å². The predicted molar refractivity (Wildman–Crippen MR) is 83.5 cm³/mol. The lowest BCUT2D eigenvalue weighted by Gasteiger charge is -2.34. The van der Waals surface area contributed by atoms with Gasteiger partial charge in [-0.25, -0.2) is 0 Å². The molecule has 2 aromatic rings. The number of fused-ring (bicyclic) bond motifs is 1. The van der Waals surface area contributed by atoms with Crippen LogP contribution in [0.1, 0.15) is 35.0 Å². The van der Waals surface area contributed by atoms with E-state index in [1.165, 1.54) is 11.1 Å². The van der Waals surface area contributed by atoms with E-state index in [0.717, 1.165) is 17.3 Å². The molecule has 1 aromatic carbocycles. The monoisotopic (exact) mass is 286 g/mol. The molecule has 21 heavy (non-hydrogen) atoms. The molecule has 0 spiro atoms. The summed E-state index contributed by atoms with van der Waals surface area (Å²) < 4.78 is 0. The van der Waals surface area contributed by atoms with Crippen molar-refractivity contribution >= 4 is 16.8 Å². The number of aromatic nitrogens is 1. The van der Waals surface area contributed by atoms with Crippen LogP contribution in [0.3, 0.4) is 0 Å². The number of carbonyl (C=O) groups is 1. The van der Waals surface area contributed by atoms with Crippen molar-refractivity contribution in [3.05, 3.63) is 35.0 Å². The van der Waals surface area contributed by atoms with Crippen LogP contribution < -0.4 is 0 Å². The molecule has 0 bridgehead atoms. The highest BCUT2D eigenvalue weighted by atomic mass is 16.3. The number of nitrogens with one attached hydrogen (secondary N) is 1. The topological polar surface area (TPSA) is 56.3 Å². The molecule has 2 heterocycles. The van der Waals surface area contributed by atoms with Gasteiger partial charge in [-0.2, -0.15) is 0 Å². The number of hydrogen-bond acceptors (Lipinski definition) is 2. The Morgan fingerprint density at radius 2 is 2.10 bits per heavy atom. The van der Waals surface area contributed by atoms with Crippen LogP contribution in [0.5, 0.6) is 0 Å². The van der Waals surface area contributed by atoms with Crippen molar-refractivity contribution in [2.75, 3.05) is 13.1 Å². The maximum Gasteiger partial charge on any atom is 0.270 e. The van der Waals surface area contributed by atoms with Crippen molar-refractivity contribution in [1.29, 1.82) is 0 Å². The lowest BCUT2D eigenvalue weighted by molar-refractivity contribution is 0.0246. The Kier molecular flexibility index (Phi) is 3.49. The van der Waals surface area contributed by atoms with Gasteiger partial charge >= 0.3 is 0 Å². The fraction of sp³-hybridized carbons (Fsp3) is 0.471. The lowest BCUT2D eigenvalue weighted by Crippen LogP contribution is -2.45. The van der Waals surface area contributed by atoms with E-state index in [2.05, 4.69) is 31.0 Å². The van der Waals surface area contributed by atoms with Gasteiger partial charge in [-0.1, -0.05) is 13.0 Å². The first-order valence-corrected chi connectivity index (χ1v) is 7.53. The molecule has 3 rings (SSSR count). The van der Waals surface area contributed by atoms with E-state index in [9.17, 15) is 9.90 Å². The number of carbonyl (C=O) groups excluding carboxylic acids is 1. The van der Waals surface area contributed by atoms with Gasteiger partial charge in [0, 0.05) is 24.0 Å². The predicted octanol–water partition coefficient (Wildman–Crippen LogP) is 2.63. The third-order valence-electron chi connectivity index (χ3n) is 4.53. The average molecular weight is 286 g/mol. The molecule has 2 atom stereocenters. The van der Waals surface area contributed by atoms with E-state index in [1.807, 2.05) is 13.0 Å². The second-order valence-corrected chi connectivity index (χ2v) is 6.31. The number of piperidine rings is 1. The summed E-state index contributed by atoms with van der Waals surface area (Å²) in [5.74, 6) is 0.246. The van der Waals surface area contributed by atoms with Crippen LogP contribution in [-0.4, -0.2) is 40.1 Å². The molecular weight excluding hydrogens is 264 g/mol. The Bertz CT molecular complexity index is 689. The summed E-state index contributed by atoms with van der Waals surface area (Å²) in [5.41, 5.74) is 3.97. The Morgan fingerprint density at radius 1 is 1.33 bits per heavy atom. The Balaban J connectivity index is 1.90. The highest BCUT2D eigenvalue weighted by molar-refractivity contribution is 5.99. The van der Waals surface area contributed by atoms with Crippen LogP contribution in [0, 0.1) is 19.8 Å². The van der Waals surface area contributed by atoms with Gasteiger partial charge in [-0.15, -0.1) is 0 Å². The van der Waals surface area contributed by atoms with Crippen molar-refractivity contribution in [2.24, 2.45) is 5.92 Å². The average Bonchev–Trinajstić information content (AvgIpc) is 2.85. The number of aromatic amines is 1. The van der Waals surface area contributed by atoms with Crippen molar-refractivity contribution in [3.63, 3.8) is 0 Å². The minimum Gasteiger partial charge on any atom is -0.391 e. The maximum atomic E-state index is 12.6. The number of hydrogen-bond donors (Lipinski definition) is 2. The van der Waals surface area contributed by atoms with Gasteiger partial charge in [0.15, 0.2) is 0 Å². The van der Waals surface area contributed by atoms with Gasteiger partial charge in [0.1, 0.15) is 5.69 Å². The first-order valence-electron chi connectivity index (χ1n) is 7.53. The maximum absolute atomic E-state index is 12.6. The lowest BCUT2D eigenvalue weighted by atomic mass is 9.96. The first kappa shape index (κ1) is 14.1. The zero-order valence-electron chi connectivity index (χ0n) is 12.8. The van der Waals surface area contributed by atoms with Crippen LogP contribution in [0.25, 0.3) is 10.9 Å². The highest BCUT2D eigenvalue weighted by Gasteiger charge is 2.28. The highest BCUT2D eigenvalue weighted by Crippen LogP contribution is 2.24. The Morgan fingerprint density at radius 3 is 2.81 bits per heavy atom. The van der Waals surface area contributed by atoms with Gasteiger partial charge in [-0.3, -0.25) is 4.79 Å². The van der Waals surface area contributed by atoms with Crippen molar-refractivity contribution < 1.29 is 9.90 Å². The number of aryl methyl sites for hydroxylation is 2. The number of nitrogens with zero attached hydrogens (tertiary/aromatic N) is 1. The summed E-state index contributed by atoms with van der Waals surface area (Å²) >= 11 is 0. The number of rotatable bonds is 1. The number of aliphatic hydroxyl groups is 1. The molecule has 1 aromatic heterocycles. The smallest absolute Gasteiger partial charge is 0.270 e. The third kappa shape index (κ3) is 2.56. The minimum absolute atomic E-state index is 0.0193. The van der Waals surface area contributed by atoms with Crippen LogP contribution in [0.15, 0.2) is 18.2 Å². The zero-order valence-corrected chi connectivity index (χ0v) is 12.8. The fourth-order valence-electron chi connectivity index (χ4n) is 3.12. The van der Waals surface area contributed by atoms with E-state index in [4.69, 9.17) is 0 Å². The molecule has 4 nitrogen and oxygen atoms in total. The van der Waals surface area contributed by atoms with Gasteiger partial charge in [0.05, 0.1) is 6.10 Å². The van der Waals surface area contributed by atoms with E-state index >= 15 is 0 Å².